The summed E-state index contributed by atoms with van der Waals surface area (Å²) in [5.41, 5.74) is 2.54. The van der Waals surface area contributed by atoms with E-state index in [4.69, 9.17) is 0 Å². The van der Waals surface area contributed by atoms with Gasteiger partial charge in [-0.3, -0.25) is 9.69 Å². The molecule has 2 aliphatic heterocycles. The van der Waals surface area contributed by atoms with Crippen LogP contribution in [0.3, 0.4) is 0 Å². The summed E-state index contributed by atoms with van der Waals surface area (Å²) in [7, 11) is 2.24. The van der Waals surface area contributed by atoms with Gasteiger partial charge < -0.3 is 10.0 Å². The first-order valence-electron chi connectivity index (χ1n) is 9.88. The van der Waals surface area contributed by atoms with Gasteiger partial charge in [0.15, 0.2) is 0 Å². The molecule has 4 nitrogen and oxygen atoms in total. The number of rotatable bonds is 3. The number of likely N-dealkylation sites (N-methyl/N-ethyl adjacent to an activating group) is 1. The van der Waals surface area contributed by atoms with Crippen LogP contribution in [0.25, 0.3) is 0 Å². The van der Waals surface area contributed by atoms with Gasteiger partial charge in [0.25, 0.3) is 0 Å². The number of amides is 1. The number of likely N-dealkylation sites (tertiary alicyclic amines) is 2. The minimum atomic E-state index is 0.163. The van der Waals surface area contributed by atoms with Gasteiger partial charge in [-0.1, -0.05) is 42.5 Å². The minimum Gasteiger partial charge on any atom is -0.508 e. The van der Waals surface area contributed by atoms with Gasteiger partial charge in [0.05, 0.1) is 6.42 Å². The monoisotopic (exact) mass is 364 g/mol. The molecule has 2 fully saturated rings. The largest absolute Gasteiger partial charge is 0.508 e. The van der Waals surface area contributed by atoms with Crippen molar-refractivity contribution < 1.29 is 9.90 Å². The molecule has 142 valence electrons. The Balaban J connectivity index is 1.37. The Hall–Kier alpha value is -2.33. The van der Waals surface area contributed by atoms with Gasteiger partial charge in [-0.15, -0.1) is 0 Å². The number of nitrogens with zero attached hydrogens (tertiary/aromatic N) is 2. The lowest BCUT2D eigenvalue weighted by Crippen LogP contribution is -2.52. The predicted molar refractivity (Wildman–Crippen MR) is 107 cm³/mol. The van der Waals surface area contributed by atoms with E-state index in [-0.39, 0.29) is 17.2 Å². The molecule has 1 N–H and O–H groups in total. The molecule has 1 amide bonds. The molecule has 1 spiro atoms. The fourth-order valence-electron chi connectivity index (χ4n) is 4.86. The highest BCUT2D eigenvalue weighted by atomic mass is 16.3. The number of benzene rings is 2. The van der Waals surface area contributed by atoms with Crippen LogP contribution in [-0.2, 0) is 11.2 Å². The molecule has 27 heavy (non-hydrogen) atoms. The zero-order valence-corrected chi connectivity index (χ0v) is 16.0. The maximum absolute atomic E-state index is 12.7. The first-order chi connectivity index (χ1) is 13.1. The van der Waals surface area contributed by atoms with Crippen molar-refractivity contribution in [3.05, 3.63) is 65.7 Å². The zero-order chi connectivity index (χ0) is 18.9. The molecule has 0 unspecified atom stereocenters. The smallest absolute Gasteiger partial charge is 0.226 e. The van der Waals surface area contributed by atoms with Crippen LogP contribution in [0.1, 0.15) is 36.3 Å². The Labute approximate surface area is 161 Å². The summed E-state index contributed by atoms with van der Waals surface area (Å²) < 4.78 is 0. The van der Waals surface area contributed by atoms with Crippen LogP contribution in [0.15, 0.2) is 54.6 Å². The molecular formula is C23H28N2O2. The molecule has 1 atom stereocenters. The molecule has 2 aromatic rings. The summed E-state index contributed by atoms with van der Waals surface area (Å²) in [5.74, 6) is 0.971. The second-order valence-corrected chi connectivity index (χ2v) is 8.14. The summed E-state index contributed by atoms with van der Waals surface area (Å²) in [6.45, 7) is 2.74. The Kier molecular flexibility index (Phi) is 4.92. The van der Waals surface area contributed by atoms with E-state index >= 15 is 0 Å². The second-order valence-electron chi connectivity index (χ2n) is 8.14. The van der Waals surface area contributed by atoms with Gasteiger partial charge in [0, 0.05) is 25.2 Å². The number of piperidine rings is 1. The van der Waals surface area contributed by atoms with Crippen molar-refractivity contribution >= 4 is 5.91 Å². The highest BCUT2D eigenvalue weighted by Crippen LogP contribution is 2.43. The van der Waals surface area contributed by atoms with Gasteiger partial charge in [-0.2, -0.15) is 0 Å². The molecule has 4 rings (SSSR count). The zero-order valence-electron chi connectivity index (χ0n) is 16.0. The van der Waals surface area contributed by atoms with Crippen molar-refractivity contribution in [1.29, 1.82) is 0 Å². The lowest BCUT2D eigenvalue weighted by molar-refractivity contribution is -0.132. The highest BCUT2D eigenvalue weighted by Gasteiger charge is 2.46. The van der Waals surface area contributed by atoms with Crippen LogP contribution in [0.5, 0.6) is 5.75 Å². The maximum atomic E-state index is 12.7. The topological polar surface area (TPSA) is 43.8 Å². The number of hydrogen-bond acceptors (Lipinski definition) is 3. The average Bonchev–Trinajstić information content (AvgIpc) is 2.99. The summed E-state index contributed by atoms with van der Waals surface area (Å²) in [4.78, 5) is 17.2. The van der Waals surface area contributed by atoms with Crippen LogP contribution < -0.4 is 0 Å². The van der Waals surface area contributed by atoms with E-state index in [2.05, 4.69) is 42.3 Å². The summed E-state index contributed by atoms with van der Waals surface area (Å²) in [6.07, 6.45) is 3.63. The summed E-state index contributed by atoms with van der Waals surface area (Å²) in [6, 6.07) is 17.8. The van der Waals surface area contributed by atoms with Crippen molar-refractivity contribution in [3.63, 3.8) is 0 Å². The lowest BCUT2D eigenvalue weighted by atomic mass is 9.81. The van der Waals surface area contributed by atoms with Crippen LogP contribution in [0.2, 0.25) is 0 Å². The fourth-order valence-corrected chi connectivity index (χ4v) is 4.86. The maximum Gasteiger partial charge on any atom is 0.226 e. The molecule has 0 radical (unpaired) electrons. The molecule has 2 aliphatic rings. The van der Waals surface area contributed by atoms with E-state index in [0.717, 1.165) is 38.0 Å². The number of carbonyl (C=O) groups is 1. The standard InChI is InChI=1S/C23H28N2O2/c1-24-17-20(19-7-3-2-4-8-19)16-23(24)10-12-25(13-11-23)22(27)15-18-6-5-9-21(26)14-18/h2-9,14,20,26H,10-13,15-17H2,1H3/t20-/m0/s1. The van der Waals surface area contributed by atoms with Crippen LogP contribution >= 0.6 is 0 Å². The van der Waals surface area contributed by atoms with Crippen molar-refractivity contribution in [2.24, 2.45) is 0 Å². The molecule has 4 heteroatoms. The number of aromatic hydroxyl groups is 1. The SMILES string of the molecule is CN1C[C@@H](c2ccccc2)CC12CCN(C(=O)Cc1cccc(O)c1)CC2. The van der Waals surface area contributed by atoms with Gasteiger partial charge in [-0.25, -0.2) is 0 Å². The molecule has 2 heterocycles. The number of hydrogen-bond donors (Lipinski definition) is 1. The van der Waals surface area contributed by atoms with Crippen LogP contribution in [0.4, 0.5) is 0 Å². The van der Waals surface area contributed by atoms with E-state index in [9.17, 15) is 9.90 Å². The van der Waals surface area contributed by atoms with Gasteiger partial charge in [0.2, 0.25) is 5.91 Å². The van der Waals surface area contributed by atoms with E-state index in [0.29, 0.717) is 12.3 Å². The molecule has 0 aliphatic carbocycles. The minimum absolute atomic E-state index is 0.163. The number of carbonyl (C=O) groups excluding carboxylic acids is 1. The number of phenolic OH excluding ortho intramolecular Hbond substituents is 1. The van der Waals surface area contributed by atoms with Gasteiger partial charge in [0.1, 0.15) is 5.75 Å². The molecule has 0 aromatic heterocycles. The third-order valence-electron chi connectivity index (χ3n) is 6.51. The molecule has 0 saturated carbocycles. The second kappa shape index (κ2) is 7.35. The van der Waals surface area contributed by atoms with Crippen LogP contribution in [0, 0.1) is 0 Å². The Morgan fingerprint density at radius 3 is 2.56 bits per heavy atom. The van der Waals surface area contributed by atoms with E-state index in [1.807, 2.05) is 11.0 Å². The third kappa shape index (κ3) is 3.72. The van der Waals surface area contributed by atoms with Crippen molar-refractivity contribution in [2.75, 3.05) is 26.7 Å². The first kappa shape index (κ1) is 18.1. The van der Waals surface area contributed by atoms with E-state index in [1.165, 1.54) is 12.0 Å². The Bertz CT molecular complexity index is 797. The summed E-state index contributed by atoms with van der Waals surface area (Å²) >= 11 is 0. The van der Waals surface area contributed by atoms with E-state index in [1.54, 1.807) is 18.2 Å². The highest BCUT2D eigenvalue weighted by molar-refractivity contribution is 5.79. The van der Waals surface area contributed by atoms with E-state index < -0.39 is 0 Å². The summed E-state index contributed by atoms with van der Waals surface area (Å²) in [5, 5.41) is 9.59. The third-order valence-corrected chi connectivity index (χ3v) is 6.51. The average molecular weight is 364 g/mol. The number of phenols is 1. The predicted octanol–water partition coefficient (Wildman–Crippen LogP) is 3.42. The Morgan fingerprint density at radius 1 is 1.11 bits per heavy atom. The Morgan fingerprint density at radius 2 is 1.85 bits per heavy atom. The van der Waals surface area contributed by atoms with Gasteiger partial charge >= 0.3 is 0 Å². The van der Waals surface area contributed by atoms with Gasteiger partial charge in [-0.05, 0) is 55.5 Å². The molecular weight excluding hydrogens is 336 g/mol. The van der Waals surface area contributed by atoms with Crippen LogP contribution in [-0.4, -0.2) is 53.0 Å². The molecule has 0 bridgehead atoms. The van der Waals surface area contributed by atoms with Crippen molar-refractivity contribution in [1.82, 2.24) is 9.80 Å². The lowest BCUT2D eigenvalue weighted by Gasteiger charge is -2.43. The molecule has 2 saturated heterocycles. The van der Waals surface area contributed by atoms with Crippen molar-refractivity contribution in [3.8, 4) is 5.75 Å². The van der Waals surface area contributed by atoms with Crippen molar-refractivity contribution in [2.45, 2.75) is 37.1 Å². The normalized spacial score (nSPS) is 22.3. The quantitative estimate of drug-likeness (QED) is 0.908. The fraction of sp³-hybridized carbons (Fsp3) is 0.435. The first-order valence-corrected chi connectivity index (χ1v) is 9.88. The molecule has 2 aromatic carbocycles.